The zero-order valence-electron chi connectivity index (χ0n) is 10.6. The van der Waals surface area contributed by atoms with Crippen molar-refractivity contribution in [3.05, 3.63) is 29.8 Å². The van der Waals surface area contributed by atoms with E-state index in [2.05, 4.69) is 34.2 Å². The van der Waals surface area contributed by atoms with Gasteiger partial charge in [0.05, 0.1) is 5.54 Å². The van der Waals surface area contributed by atoms with Crippen molar-refractivity contribution in [2.45, 2.75) is 37.6 Å². The van der Waals surface area contributed by atoms with E-state index >= 15 is 0 Å². The maximum atomic E-state index is 10.4. The van der Waals surface area contributed by atoms with Crippen LogP contribution in [0.4, 0.5) is 5.69 Å². The van der Waals surface area contributed by atoms with Crippen molar-refractivity contribution in [3.8, 4) is 0 Å². The fraction of sp³-hybridized carbons (Fsp3) is 0.533. The summed E-state index contributed by atoms with van der Waals surface area (Å²) in [5, 5.41) is 0. The normalized spacial score (nSPS) is 21.2. The number of carbonyl (C=O) groups excluding carboxylic acids is 1. The summed E-state index contributed by atoms with van der Waals surface area (Å²) in [5.41, 5.74) is 2.22. The first-order valence-electron chi connectivity index (χ1n) is 6.79. The van der Waals surface area contributed by atoms with Crippen LogP contribution in [0.1, 0.15) is 37.7 Å². The van der Waals surface area contributed by atoms with E-state index in [0.29, 0.717) is 0 Å². The van der Waals surface area contributed by atoms with E-state index in [4.69, 9.17) is 0 Å². The third-order valence-electron chi connectivity index (χ3n) is 4.11. The molecule has 1 aliphatic carbocycles. The quantitative estimate of drug-likeness (QED) is 0.603. The summed E-state index contributed by atoms with van der Waals surface area (Å²) in [6, 6.07) is 8.58. The Morgan fingerprint density at radius 2 is 1.72 bits per heavy atom. The molecule has 1 aromatic carbocycles. The molecule has 0 amide bonds. The third-order valence-corrected chi connectivity index (χ3v) is 4.11. The third kappa shape index (κ3) is 2.06. The maximum Gasteiger partial charge on any atom is 0.235 e. The van der Waals surface area contributed by atoms with Gasteiger partial charge in [-0.1, -0.05) is 12.1 Å². The second kappa shape index (κ2) is 4.58. The molecule has 0 N–H and O–H groups in total. The maximum absolute atomic E-state index is 10.4. The Hall–Kier alpha value is -1.60. The topological polar surface area (TPSA) is 32.7 Å². The van der Waals surface area contributed by atoms with E-state index in [-0.39, 0.29) is 5.54 Å². The highest BCUT2D eigenvalue weighted by Crippen LogP contribution is 2.49. The minimum Gasteiger partial charge on any atom is -0.372 e. The van der Waals surface area contributed by atoms with Crippen LogP contribution in [-0.2, 0) is 10.3 Å². The van der Waals surface area contributed by atoms with Crippen molar-refractivity contribution in [1.29, 1.82) is 0 Å². The average Bonchev–Trinajstić information content (AvgIpc) is 3.21. The van der Waals surface area contributed by atoms with Crippen LogP contribution < -0.4 is 4.90 Å². The number of anilines is 1. The van der Waals surface area contributed by atoms with Crippen LogP contribution in [0.2, 0.25) is 0 Å². The van der Waals surface area contributed by atoms with Gasteiger partial charge in [-0.05, 0) is 49.8 Å². The van der Waals surface area contributed by atoms with Crippen molar-refractivity contribution in [1.82, 2.24) is 0 Å². The molecule has 1 aromatic rings. The lowest BCUT2D eigenvalue weighted by atomic mass is 10.0. The van der Waals surface area contributed by atoms with Crippen LogP contribution in [0.5, 0.6) is 0 Å². The van der Waals surface area contributed by atoms with E-state index in [1.165, 1.54) is 24.9 Å². The first-order valence-corrected chi connectivity index (χ1v) is 6.79. The molecule has 0 radical (unpaired) electrons. The molecular weight excluding hydrogens is 224 g/mol. The zero-order valence-corrected chi connectivity index (χ0v) is 10.6. The molecule has 0 unspecified atom stereocenters. The number of hydrogen-bond acceptors (Lipinski definition) is 3. The van der Waals surface area contributed by atoms with E-state index in [1.807, 2.05) is 0 Å². The summed E-state index contributed by atoms with van der Waals surface area (Å²) >= 11 is 0. The van der Waals surface area contributed by atoms with Crippen LogP contribution in [0.15, 0.2) is 29.3 Å². The summed E-state index contributed by atoms with van der Waals surface area (Å²) in [4.78, 5) is 16.8. The lowest BCUT2D eigenvalue weighted by Crippen LogP contribution is -2.29. The Balaban J connectivity index is 1.78. The van der Waals surface area contributed by atoms with Gasteiger partial charge in [-0.25, -0.2) is 4.79 Å². The molecule has 1 saturated carbocycles. The summed E-state index contributed by atoms with van der Waals surface area (Å²) < 4.78 is 0. The second-order valence-electron chi connectivity index (χ2n) is 5.33. The predicted molar refractivity (Wildman–Crippen MR) is 71.5 cm³/mol. The fourth-order valence-corrected chi connectivity index (χ4v) is 2.81. The summed E-state index contributed by atoms with van der Waals surface area (Å²) in [6.07, 6.45) is 7.60. The molecule has 0 aromatic heterocycles. The Morgan fingerprint density at radius 3 is 2.28 bits per heavy atom. The molecule has 2 fully saturated rings. The molecule has 3 heteroatoms. The highest BCUT2D eigenvalue weighted by atomic mass is 16.1. The second-order valence-corrected chi connectivity index (χ2v) is 5.33. The number of piperidine rings is 1. The van der Waals surface area contributed by atoms with Gasteiger partial charge in [0.25, 0.3) is 0 Å². The van der Waals surface area contributed by atoms with Crippen molar-refractivity contribution in [3.63, 3.8) is 0 Å². The average molecular weight is 242 g/mol. The molecular formula is C15H18N2O. The standard InChI is InChI=1S/C15H18N2O/c18-12-16-15(8-9-15)13-4-6-14(7-5-13)17-10-2-1-3-11-17/h4-7H,1-3,8-11H2. The van der Waals surface area contributed by atoms with Gasteiger partial charge >= 0.3 is 0 Å². The van der Waals surface area contributed by atoms with Gasteiger partial charge in [-0.2, -0.15) is 4.99 Å². The molecule has 94 valence electrons. The summed E-state index contributed by atoms with van der Waals surface area (Å²) in [7, 11) is 0. The lowest BCUT2D eigenvalue weighted by molar-refractivity contribution is 0.556. The number of isocyanates is 1. The van der Waals surface area contributed by atoms with Crippen LogP contribution in [0.3, 0.4) is 0 Å². The van der Waals surface area contributed by atoms with Crippen LogP contribution in [0, 0.1) is 0 Å². The van der Waals surface area contributed by atoms with Crippen LogP contribution >= 0.6 is 0 Å². The summed E-state index contributed by atoms with van der Waals surface area (Å²) in [5.74, 6) is 0. The highest BCUT2D eigenvalue weighted by Gasteiger charge is 2.44. The largest absolute Gasteiger partial charge is 0.372 e. The van der Waals surface area contributed by atoms with E-state index in [9.17, 15) is 4.79 Å². The minimum absolute atomic E-state index is 0.234. The SMILES string of the molecule is O=C=NC1(c2ccc(N3CCCCC3)cc2)CC1. The van der Waals surface area contributed by atoms with Gasteiger partial charge in [0, 0.05) is 18.8 Å². The van der Waals surface area contributed by atoms with E-state index < -0.39 is 0 Å². The molecule has 2 aliphatic rings. The molecule has 1 aliphatic heterocycles. The Labute approximate surface area is 108 Å². The number of benzene rings is 1. The number of rotatable bonds is 3. The van der Waals surface area contributed by atoms with Crippen molar-refractivity contribution >= 4 is 11.8 Å². The van der Waals surface area contributed by atoms with Gasteiger partial charge in [0.15, 0.2) is 0 Å². The molecule has 0 spiro atoms. The van der Waals surface area contributed by atoms with Gasteiger partial charge in [0.2, 0.25) is 6.08 Å². The Morgan fingerprint density at radius 1 is 1.06 bits per heavy atom. The van der Waals surface area contributed by atoms with Gasteiger partial charge in [-0.3, -0.25) is 0 Å². The summed E-state index contributed by atoms with van der Waals surface area (Å²) in [6.45, 7) is 2.33. The van der Waals surface area contributed by atoms with Crippen molar-refractivity contribution in [2.75, 3.05) is 18.0 Å². The molecule has 1 saturated heterocycles. The molecule has 0 atom stereocenters. The monoisotopic (exact) mass is 242 g/mol. The Kier molecular flexibility index (Phi) is 2.92. The van der Waals surface area contributed by atoms with Gasteiger partial charge < -0.3 is 4.90 Å². The minimum atomic E-state index is -0.234. The number of nitrogens with zero attached hydrogens (tertiary/aromatic N) is 2. The molecule has 1 heterocycles. The fourth-order valence-electron chi connectivity index (χ4n) is 2.81. The van der Waals surface area contributed by atoms with Gasteiger partial charge in [0.1, 0.15) is 0 Å². The molecule has 3 nitrogen and oxygen atoms in total. The van der Waals surface area contributed by atoms with Crippen LogP contribution in [0.25, 0.3) is 0 Å². The number of hydrogen-bond donors (Lipinski definition) is 0. The lowest BCUT2D eigenvalue weighted by Gasteiger charge is -2.29. The first kappa shape index (κ1) is 11.5. The van der Waals surface area contributed by atoms with E-state index in [1.54, 1.807) is 6.08 Å². The van der Waals surface area contributed by atoms with E-state index in [0.717, 1.165) is 31.5 Å². The predicted octanol–water partition coefficient (Wildman–Crippen LogP) is 3.00. The first-order chi connectivity index (χ1) is 8.84. The van der Waals surface area contributed by atoms with Crippen molar-refractivity contribution < 1.29 is 4.79 Å². The zero-order chi connectivity index (χ0) is 12.4. The number of aliphatic imine (C=N–C) groups is 1. The molecule has 0 bridgehead atoms. The van der Waals surface area contributed by atoms with Gasteiger partial charge in [-0.15, -0.1) is 0 Å². The highest BCUT2D eigenvalue weighted by molar-refractivity contribution is 5.50. The van der Waals surface area contributed by atoms with Crippen molar-refractivity contribution in [2.24, 2.45) is 4.99 Å². The Bertz CT molecular complexity index is 464. The smallest absolute Gasteiger partial charge is 0.235 e. The molecule has 3 rings (SSSR count). The van der Waals surface area contributed by atoms with Crippen LogP contribution in [-0.4, -0.2) is 19.2 Å². The molecule has 18 heavy (non-hydrogen) atoms.